The van der Waals surface area contributed by atoms with Crippen LogP contribution < -0.4 is 4.90 Å². The van der Waals surface area contributed by atoms with Crippen molar-refractivity contribution < 1.29 is 18.0 Å². The number of fused-ring (bicyclic) bond motifs is 1. The first-order valence-corrected chi connectivity index (χ1v) is 8.61. The van der Waals surface area contributed by atoms with Gasteiger partial charge in [-0.05, 0) is 42.3 Å². The number of carbonyl (C=O) groups excluding carboxylic acids is 1. The Morgan fingerprint density at radius 3 is 2.37 bits per heavy atom. The van der Waals surface area contributed by atoms with E-state index in [4.69, 9.17) is 5.26 Å². The van der Waals surface area contributed by atoms with Gasteiger partial charge in [-0.3, -0.25) is 4.79 Å². The molecular formula is C20H16F3N3O. The summed E-state index contributed by atoms with van der Waals surface area (Å²) in [5, 5.41) is 8.95. The zero-order valence-corrected chi connectivity index (χ0v) is 14.3. The molecule has 0 spiro atoms. The van der Waals surface area contributed by atoms with E-state index in [0.717, 1.165) is 23.4 Å². The molecule has 0 radical (unpaired) electrons. The van der Waals surface area contributed by atoms with E-state index in [9.17, 15) is 18.0 Å². The van der Waals surface area contributed by atoms with E-state index in [-0.39, 0.29) is 11.9 Å². The van der Waals surface area contributed by atoms with Crippen molar-refractivity contribution in [1.29, 1.82) is 5.26 Å². The first-order chi connectivity index (χ1) is 12.9. The zero-order chi connectivity index (χ0) is 19.2. The van der Waals surface area contributed by atoms with Crippen molar-refractivity contribution >= 4 is 17.3 Å². The Morgan fingerprint density at radius 1 is 1.04 bits per heavy atom. The summed E-state index contributed by atoms with van der Waals surface area (Å²) in [5.74, 6) is -0.754. The summed E-state index contributed by atoms with van der Waals surface area (Å²) in [7, 11) is 0. The van der Waals surface area contributed by atoms with Crippen LogP contribution in [0.4, 0.5) is 24.5 Å². The topological polar surface area (TPSA) is 47.3 Å². The molecule has 138 valence electrons. The highest BCUT2D eigenvalue weighted by Gasteiger charge is 2.43. The molecule has 2 unspecified atom stereocenters. The number of rotatable bonds is 2. The molecule has 27 heavy (non-hydrogen) atoms. The summed E-state index contributed by atoms with van der Waals surface area (Å²) in [6.45, 7) is 0.884. The van der Waals surface area contributed by atoms with Crippen LogP contribution in [0.3, 0.4) is 0 Å². The fourth-order valence-corrected chi connectivity index (χ4v) is 3.74. The Hall–Kier alpha value is -3.01. The van der Waals surface area contributed by atoms with Gasteiger partial charge in [-0.15, -0.1) is 0 Å². The molecule has 4 nitrogen and oxygen atoms in total. The number of amides is 1. The molecule has 0 aromatic heterocycles. The third-order valence-electron chi connectivity index (χ3n) is 5.19. The SMILES string of the molecule is N#CC1CN(C2Cc3ccccc3N(c3ccc(C(F)(F)F)cc3)C2)C1=O. The number of anilines is 2. The number of β-lactam (4-membered cyclic amide) rings is 1. The minimum Gasteiger partial charge on any atom is -0.339 e. The van der Waals surface area contributed by atoms with Crippen LogP contribution >= 0.6 is 0 Å². The van der Waals surface area contributed by atoms with Gasteiger partial charge in [-0.25, -0.2) is 0 Å². The standard InChI is InChI=1S/C20H16F3N3O/c21-20(22,23)15-5-7-16(8-6-15)25-12-17(26-11-14(10-24)19(26)27)9-13-3-1-2-4-18(13)25/h1-8,14,17H,9,11-12H2. The van der Waals surface area contributed by atoms with Crippen molar-refractivity contribution in [2.75, 3.05) is 18.0 Å². The molecule has 7 heteroatoms. The minimum atomic E-state index is -4.38. The number of hydrogen-bond acceptors (Lipinski definition) is 3. The van der Waals surface area contributed by atoms with E-state index in [1.807, 2.05) is 35.2 Å². The Bertz CT molecular complexity index is 917. The van der Waals surface area contributed by atoms with Crippen molar-refractivity contribution in [2.45, 2.75) is 18.6 Å². The van der Waals surface area contributed by atoms with E-state index < -0.39 is 17.7 Å². The first-order valence-electron chi connectivity index (χ1n) is 8.61. The molecule has 2 aliphatic heterocycles. The van der Waals surface area contributed by atoms with Crippen molar-refractivity contribution in [3.05, 3.63) is 59.7 Å². The summed E-state index contributed by atoms with van der Waals surface area (Å²) >= 11 is 0. The number of nitrogens with zero attached hydrogens (tertiary/aromatic N) is 3. The van der Waals surface area contributed by atoms with Crippen molar-refractivity contribution in [3.63, 3.8) is 0 Å². The number of nitriles is 1. The maximum absolute atomic E-state index is 12.9. The van der Waals surface area contributed by atoms with Gasteiger partial charge in [0.2, 0.25) is 5.91 Å². The number of likely N-dealkylation sites (tertiary alicyclic amines) is 1. The van der Waals surface area contributed by atoms with Crippen LogP contribution in [-0.2, 0) is 17.4 Å². The van der Waals surface area contributed by atoms with E-state index in [0.29, 0.717) is 25.2 Å². The lowest BCUT2D eigenvalue weighted by molar-refractivity contribution is -0.147. The normalized spacial score (nSPS) is 22.1. The lowest BCUT2D eigenvalue weighted by Gasteiger charge is -2.46. The fraction of sp³-hybridized carbons (Fsp3) is 0.300. The largest absolute Gasteiger partial charge is 0.416 e. The second-order valence-electron chi connectivity index (χ2n) is 6.81. The Morgan fingerprint density at radius 2 is 1.74 bits per heavy atom. The summed E-state index contributed by atoms with van der Waals surface area (Å²) in [6, 6.07) is 14.6. The average molecular weight is 371 g/mol. The van der Waals surface area contributed by atoms with Crippen LogP contribution in [-0.4, -0.2) is 29.9 Å². The molecule has 0 bridgehead atoms. The highest BCUT2D eigenvalue weighted by Crippen LogP contribution is 2.38. The lowest BCUT2D eigenvalue weighted by Crippen LogP contribution is -2.60. The maximum atomic E-state index is 12.9. The van der Waals surface area contributed by atoms with E-state index in [1.165, 1.54) is 12.1 Å². The van der Waals surface area contributed by atoms with Gasteiger partial charge in [0.1, 0.15) is 5.92 Å². The molecule has 2 aromatic rings. The van der Waals surface area contributed by atoms with Gasteiger partial charge in [-0.2, -0.15) is 18.4 Å². The van der Waals surface area contributed by atoms with E-state index >= 15 is 0 Å². The van der Waals surface area contributed by atoms with Crippen molar-refractivity contribution in [2.24, 2.45) is 5.92 Å². The Labute approximate surface area is 154 Å². The smallest absolute Gasteiger partial charge is 0.339 e. The molecule has 1 amide bonds. The van der Waals surface area contributed by atoms with E-state index in [2.05, 4.69) is 0 Å². The Kier molecular flexibility index (Phi) is 4.06. The fourth-order valence-electron chi connectivity index (χ4n) is 3.74. The summed E-state index contributed by atoms with van der Waals surface area (Å²) < 4.78 is 38.6. The van der Waals surface area contributed by atoms with Crippen LogP contribution in [0.5, 0.6) is 0 Å². The molecule has 2 aliphatic rings. The van der Waals surface area contributed by atoms with Gasteiger partial charge in [0.05, 0.1) is 17.7 Å². The third-order valence-corrected chi connectivity index (χ3v) is 5.19. The van der Waals surface area contributed by atoms with Gasteiger partial charge in [0.15, 0.2) is 0 Å². The first kappa shape index (κ1) is 17.4. The number of halogens is 3. The summed E-state index contributed by atoms with van der Waals surface area (Å²) in [5.41, 5.74) is 1.91. The highest BCUT2D eigenvalue weighted by molar-refractivity contribution is 5.87. The second-order valence-corrected chi connectivity index (χ2v) is 6.81. The van der Waals surface area contributed by atoms with Crippen LogP contribution in [0.15, 0.2) is 48.5 Å². The number of alkyl halides is 3. The molecule has 2 atom stereocenters. The Balaban J connectivity index is 1.65. The van der Waals surface area contributed by atoms with Gasteiger partial charge >= 0.3 is 6.18 Å². The van der Waals surface area contributed by atoms with Crippen molar-refractivity contribution in [1.82, 2.24) is 4.90 Å². The minimum absolute atomic E-state index is 0.112. The van der Waals surface area contributed by atoms with Gasteiger partial charge < -0.3 is 9.80 Å². The van der Waals surface area contributed by atoms with Crippen LogP contribution in [0.1, 0.15) is 11.1 Å². The summed E-state index contributed by atoms with van der Waals surface area (Å²) in [4.78, 5) is 15.8. The molecule has 2 aromatic carbocycles. The summed E-state index contributed by atoms with van der Waals surface area (Å²) in [6.07, 6.45) is -3.71. The van der Waals surface area contributed by atoms with Crippen LogP contribution in [0.25, 0.3) is 0 Å². The monoisotopic (exact) mass is 371 g/mol. The highest BCUT2D eigenvalue weighted by atomic mass is 19.4. The zero-order valence-electron chi connectivity index (χ0n) is 14.3. The predicted octanol–water partition coefficient (Wildman–Crippen LogP) is 3.75. The third kappa shape index (κ3) is 3.01. The van der Waals surface area contributed by atoms with Gasteiger partial charge in [0.25, 0.3) is 0 Å². The molecule has 0 N–H and O–H groups in total. The molecule has 2 heterocycles. The van der Waals surface area contributed by atoms with Gasteiger partial charge in [-0.1, -0.05) is 18.2 Å². The number of benzene rings is 2. The number of para-hydroxylation sites is 1. The van der Waals surface area contributed by atoms with Crippen LogP contribution in [0, 0.1) is 17.2 Å². The molecule has 1 saturated heterocycles. The van der Waals surface area contributed by atoms with Crippen molar-refractivity contribution in [3.8, 4) is 6.07 Å². The number of hydrogen-bond donors (Lipinski definition) is 0. The van der Waals surface area contributed by atoms with Gasteiger partial charge in [0, 0.05) is 24.5 Å². The van der Waals surface area contributed by atoms with E-state index in [1.54, 1.807) is 4.90 Å². The maximum Gasteiger partial charge on any atom is 0.416 e. The molecule has 1 fully saturated rings. The molecule has 0 aliphatic carbocycles. The average Bonchev–Trinajstić information content (AvgIpc) is 2.66. The van der Waals surface area contributed by atoms with Crippen LogP contribution in [0.2, 0.25) is 0 Å². The molecule has 0 saturated carbocycles. The molecule has 4 rings (SSSR count). The quantitative estimate of drug-likeness (QED) is 0.756. The predicted molar refractivity (Wildman–Crippen MR) is 93.2 cm³/mol. The number of carbonyl (C=O) groups is 1. The lowest BCUT2D eigenvalue weighted by atomic mass is 9.90. The molecular weight excluding hydrogens is 355 g/mol. The second kappa shape index (κ2) is 6.31.